The van der Waals surface area contributed by atoms with Gasteiger partial charge in [0.25, 0.3) is 11.8 Å². The van der Waals surface area contributed by atoms with Gasteiger partial charge in [0.2, 0.25) is 0 Å². The third-order valence-electron chi connectivity index (χ3n) is 5.35. The second-order valence-electron chi connectivity index (χ2n) is 7.69. The number of anilines is 1. The molecule has 2 fully saturated rings. The van der Waals surface area contributed by atoms with Crippen LogP contribution in [0, 0.1) is 0 Å². The maximum atomic E-state index is 13.0. The van der Waals surface area contributed by atoms with Crippen LogP contribution in [0.25, 0.3) is 0 Å². The van der Waals surface area contributed by atoms with Crippen molar-refractivity contribution in [2.24, 2.45) is 0 Å². The van der Waals surface area contributed by atoms with Crippen LogP contribution in [0.3, 0.4) is 0 Å². The molecule has 7 nitrogen and oxygen atoms in total. The summed E-state index contributed by atoms with van der Waals surface area (Å²) in [6, 6.07) is 4.23. The van der Waals surface area contributed by atoms with Crippen LogP contribution in [-0.4, -0.2) is 48.5 Å². The molecule has 1 aromatic rings. The van der Waals surface area contributed by atoms with Crippen LogP contribution in [0.5, 0.6) is 0 Å². The van der Waals surface area contributed by atoms with Gasteiger partial charge in [-0.15, -0.1) is 0 Å². The van der Waals surface area contributed by atoms with Crippen LogP contribution >= 0.6 is 0 Å². The predicted octanol–water partition coefficient (Wildman–Crippen LogP) is 1.37. The van der Waals surface area contributed by atoms with Gasteiger partial charge < -0.3 is 15.5 Å². The summed E-state index contributed by atoms with van der Waals surface area (Å²) in [5, 5.41) is 5.06. The fraction of sp³-hybridized carbons (Fsp3) is 0.526. The van der Waals surface area contributed by atoms with Gasteiger partial charge in [0, 0.05) is 0 Å². The number of nitrogens with zero attached hydrogens (tertiary/aromatic N) is 1. The summed E-state index contributed by atoms with van der Waals surface area (Å²) in [6.45, 7) is -0.239. The number of urea groups is 1. The lowest BCUT2D eigenvalue weighted by Gasteiger charge is -2.30. The second-order valence-corrected chi connectivity index (χ2v) is 7.69. The minimum atomic E-state index is -4.59. The van der Waals surface area contributed by atoms with Crippen molar-refractivity contribution in [3.63, 3.8) is 0 Å². The minimum Gasteiger partial charge on any atom is -0.323 e. The molecule has 1 aliphatic carbocycles. The Morgan fingerprint density at radius 1 is 1.21 bits per heavy atom. The van der Waals surface area contributed by atoms with Gasteiger partial charge in [-0.3, -0.25) is 9.59 Å². The molecular formula is C19H24F3N4O3+. The summed E-state index contributed by atoms with van der Waals surface area (Å²) in [4.78, 5) is 38.9. The Kier molecular flexibility index (Phi) is 5.83. The van der Waals surface area contributed by atoms with Gasteiger partial charge in [-0.25, -0.2) is 9.69 Å². The summed E-state index contributed by atoms with van der Waals surface area (Å²) < 4.78 is 39.1. The topological polar surface area (TPSA) is 82.9 Å². The van der Waals surface area contributed by atoms with Crippen molar-refractivity contribution in [2.75, 3.05) is 25.6 Å². The number of hydrogen-bond acceptors (Lipinski definition) is 3. The zero-order valence-electron chi connectivity index (χ0n) is 16.1. The number of imide groups is 1. The fourth-order valence-corrected chi connectivity index (χ4v) is 3.95. The molecule has 3 N–H and O–H groups in total. The molecule has 0 radical (unpaired) electrons. The number of carbonyl (C=O) groups excluding carboxylic acids is 3. The molecule has 1 saturated carbocycles. The molecule has 3 rings (SSSR count). The van der Waals surface area contributed by atoms with Crippen molar-refractivity contribution < 1.29 is 32.5 Å². The van der Waals surface area contributed by atoms with E-state index in [4.69, 9.17) is 0 Å². The Morgan fingerprint density at radius 2 is 1.86 bits per heavy atom. The Morgan fingerprint density at radius 3 is 2.52 bits per heavy atom. The lowest BCUT2D eigenvalue weighted by atomic mass is 9.82. The molecular weight excluding hydrogens is 389 g/mol. The molecule has 1 aliphatic heterocycles. The highest BCUT2D eigenvalue weighted by Crippen LogP contribution is 2.35. The molecule has 10 heteroatoms. The number of carbonyl (C=O) groups is 3. The number of likely N-dealkylation sites (N-methyl/N-ethyl adjacent to an activating group) is 1. The lowest BCUT2D eigenvalue weighted by molar-refractivity contribution is -0.878. The average Bonchev–Trinajstić information content (AvgIpc) is 2.86. The van der Waals surface area contributed by atoms with E-state index in [0.717, 1.165) is 30.2 Å². The van der Waals surface area contributed by atoms with E-state index in [1.807, 2.05) is 0 Å². The summed E-state index contributed by atoms with van der Waals surface area (Å²) in [7, 11) is 1.60. The number of benzene rings is 1. The molecule has 158 valence electrons. The summed E-state index contributed by atoms with van der Waals surface area (Å²) in [6.07, 6.45) is -0.635. The van der Waals surface area contributed by atoms with E-state index in [0.29, 0.717) is 17.7 Å². The van der Waals surface area contributed by atoms with E-state index in [1.54, 1.807) is 7.05 Å². The summed E-state index contributed by atoms with van der Waals surface area (Å²) in [5.74, 6) is -0.928. The van der Waals surface area contributed by atoms with Crippen LogP contribution in [0.4, 0.5) is 23.7 Å². The molecule has 1 atom stereocenters. The maximum Gasteiger partial charge on any atom is 0.418 e. The van der Waals surface area contributed by atoms with Crippen LogP contribution in [0.1, 0.15) is 37.7 Å². The van der Waals surface area contributed by atoms with Gasteiger partial charge in [0.1, 0.15) is 5.54 Å². The number of amides is 4. The normalized spacial score (nSPS) is 19.9. The standard InChI is InChI=1S/C19H23F3N4O3/c1-25(11-15(27)23-14-8-4-3-7-13(14)19(20,21)22)12-26-16(28)18(24-17(26)29)9-5-2-6-10-18/h3-4,7-8H,2,5-6,9-12H2,1H3,(H,23,27)(H,24,29)/p+1. The first-order valence-corrected chi connectivity index (χ1v) is 9.54. The fourth-order valence-electron chi connectivity index (χ4n) is 3.95. The zero-order chi connectivity index (χ0) is 21.2. The predicted molar refractivity (Wildman–Crippen MR) is 97.9 cm³/mol. The molecule has 1 saturated heterocycles. The van der Waals surface area contributed by atoms with Crippen molar-refractivity contribution in [2.45, 2.75) is 43.8 Å². The Bertz CT molecular complexity index is 806. The minimum absolute atomic E-state index is 0.0409. The third kappa shape index (κ3) is 4.52. The van der Waals surface area contributed by atoms with E-state index < -0.39 is 29.2 Å². The quantitative estimate of drug-likeness (QED) is 0.638. The van der Waals surface area contributed by atoms with Gasteiger partial charge in [0.15, 0.2) is 13.2 Å². The number of halogens is 3. The number of para-hydroxylation sites is 1. The average molecular weight is 413 g/mol. The van der Waals surface area contributed by atoms with E-state index in [9.17, 15) is 27.6 Å². The van der Waals surface area contributed by atoms with E-state index in [-0.39, 0.29) is 24.8 Å². The second kappa shape index (κ2) is 8.02. The van der Waals surface area contributed by atoms with Crippen molar-refractivity contribution in [3.05, 3.63) is 29.8 Å². The molecule has 0 aromatic heterocycles. The van der Waals surface area contributed by atoms with Gasteiger partial charge in [-0.1, -0.05) is 31.4 Å². The molecule has 0 bridgehead atoms. The molecule has 4 amide bonds. The van der Waals surface area contributed by atoms with Crippen LogP contribution < -0.4 is 15.5 Å². The highest BCUT2D eigenvalue weighted by molar-refractivity contribution is 6.07. The lowest BCUT2D eigenvalue weighted by Crippen LogP contribution is -3.11. The van der Waals surface area contributed by atoms with Crippen LogP contribution in [0.15, 0.2) is 24.3 Å². The monoisotopic (exact) mass is 413 g/mol. The Labute approximate surface area is 166 Å². The van der Waals surface area contributed by atoms with Gasteiger partial charge >= 0.3 is 12.2 Å². The van der Waals surface area contributed by atoms with E-state index in [2.05, 4.69) is 10.6 Å². The highest BCUT2D eigenvalue weighted by Gasteiger charge is 2.52. The first-order valence-electron chi connectivity index (χ1n) is 9.54. The number of alkyl halides is 3. The maximum absolute atomic E-state index is 13.0. The smallest absolute Gasteiger partial charge is 0.323 e. The van der Waals surface area contributed by atoms with Crippen molar-refractivity contribution in [1.29, 1.82) is 0 Å². The zero-order valence-corrected chi connectivity index (χ0v) is 16.1. The molecule has 2 aliphatic rings. The van der Waals surface area contributed by atoms with Crippen molar-refractivity contribution >= 4 is 23.5 Å². The Balaban J connectivity index is 1.60. The SMILES string of the molecule is C[NH+](CC(=O)Nc1ccccc1C(F)(F)F)CN1C(=O)NC2(CCCCC2)C1=O. The number of rotatable bonds is 5. The molecule has 1 aromatic carbocycles. The molecule has 1 spiro atoms. The van der Waals surface area contributed by atoms with Gasteiger partial charge in [0.05, 0.1) is 18.3 Å². The molecule has 29 heavy (non-hydrogen) atoms. The largest absolute Gasteiger partial charge is 0.418 e. The third-order valence-corrected chi connectivity index (χ3v) is 5.35. The first kappa shape index (κ1) is 21.1. The van der Waals surface area contributed by atoms with Crippen LogP contribution in [-0.2, 0) is 15.8 Å². The number of hydrogen-bond donors (Lipinski definition) is 3. The summed E-state index contributed by atoms with van der Waals surface area (Å²) in [5.41, 5.74) is -2.10. The molecule has 1 unspecified atom stereocenters. The van der Waals surface area contributed by atoms with Gasteiger partial charge in [-0.05, 0) is 25.0 Å². The number of quaternary nitrogens is 1. The van der Waals surface area contributed by atoms with Crippen LogP contribution in [0.2, 0.25) is 0 Å². The van der Waals surface area contributed by atoms with Gasteiger partial charge in [-0.2, -0.15) is 13.2 Å². The van der Waals surface area contributed by atoms with E-state index in [1.165, 1.54) is 18.2 Å². The highest BCUT2D eigenvalue weighted by atomic mass is 19.4. The summed E-state index contributed by atoms with van der Waals surface area (Å²) >= 11 is 0. The Hall–Kier alpha value is -2.62. The van der Waals surface area contributed by atoms with Crippen molar-refractivity contribution in [1.82, 2.24) is 10.2 Å². The van der Waals surface area contributed by atoms with Crippen molar-refractivity contribution in [3.8, 4) is 0 Å². The number of nitrogens with one attached hydrogen (secondary N) is 3. The molecule has 1 heterocycles. The first-order chi connectivity index (χ1) is 13.6. The van der Waals surface area contributed by atoms with E-state index >= 15 is 0 Å².